The highest BCUT2D eigenvalue weighted by atomic mass is 19.4. The van der Waals surface area contributed by atoms with Gasteiger partial charge in [0.25, 0.3) is 5.91 Å². The molecule has 0 saturated carbocycles. The monoisotopic (exact) mass is 394 g/mol. The van der Waals surface area contributed by atoms with Gasteiger partial charge >= 0.3 is 6.36 Å². The zero-order chi connectivity index (χ0) is 20.3. The van der Waals surface area contributed by atoms with Crippen molar-refractivity contribution in [1.29, 1.82) is 0 Å². The lowest BCUT2D eigenvalue weighted by Gasteiger charge is -2.18. The fourth-order valence-corrected chi connectivity index (χ4v) is 2.70. The quantitative estimate of drug-likeness (QED) is 0.647. The third kappa shape index (κ3) is 4.55. The number of carbonyl (C=O) groups is 1. The lowest BCUT2D eigenvalue weighted by molar-refractivity contribution is -0.274. The van der Waals surface area contributed by atoms with Gasteiger partial charge in [-0.3, -0.25) is 9.78 Å². The maximum absolute atomic E-state index is 13.8. The number of aliphatic hydroxyl groups is 1. The van der Waals surface area contributed by atoms with Gasteiger partial charge in [-0.25, -0.2) is 4.39 Å². The zero-order valence-corrected chi connectivity index (χ0v) is 14.2. The maximum atomic E-state index is 13.8. The van der Waals surface area contributed by atoms with Crippen molar-refractivity contribution in [3.63, 3.8) is 0 Å². The van der Waals surface area contributed by atoms with Crippen LogP contribution in [0.25, 0.3) is 10.9 Å². The molecule has 0 fully saturated rings. The summed E-state index contributed by atoms with van der Waals surface area (Å²) in [6.45, 7) is -0.522. The Morgan fingerprint density at radius 2 is 1.89 bits per heavy atom. The van der Waals surface area contributed by atoms with Gasteiger partial charge in [-0.2, -0.15) is 0 Å². The summed E-state index contributed by atoms with van der Waals surface area (Å²) in [6, 6.07) is 9.24. The van der Waals surface area contributed by atoms with Crippen molar-refractivity contribution in [2.24, 2.45) is 0 Å². The van der Waals surface area contributed by atoms with Crippen LogP contribution in [0.1, 0.15) is 22.0 Å². The summed E-state index contributed by atoms with van der Waals surface area (Å²) in [7, 11) is 0. The molecule has 1 heterocycles. The Morgan fingerprint density at radius 1 is 1.18 bits per heavy atom. The van der Waals surface area contributed by atoms with Gasteiger partial charge in [0.05, 0.1) is 23.7 Å². The number of carbonyl (C=O) groups excluding carboxylic acids is 1. The van der Waals surface area contributed by atoms with Gasteiger partial charge in [-0.05, 0) is 35.9 Å². The fraction of sp³-hybridized carbons (Fsp3) is 0.158. The highest BCUT2D eigenvalue weighted by Gasteiger charge is 2.31. The van der Waals surface area contributed by atoms with E-state index in [1.54, 1.807) is 12.1 Å². The van der Waals surface area contributed by atoms with E-state index < -0.39 is 36.5 Å². The second kappa shape index (κ2) is 7.81. The van der Waals surface area contributed by atoms with Crippen molar-refractivity contribution in [3.05, 3.63) is 71.7 Å². The predicted molar refractivity (Wildman–Crippen MR) is 92.1 cm³/mol. The van der Waals surface area contributed by atoms with Crippen LogP contribution in [0.4, 0.5) is 17.6 Å². The van der Waals surface area contributed by atoms with E-state index in [2.05, 4.69) is 15.0 Å². The van der Waals surface area contributed by atoms with Crippen LogP contribution in [0.3, 0.4) is 0 Å². The first-order valence-electron chi connectivity index (χ1n) is 8.08. The van der Waals surface area contributed by atoms with E-state index >= 15 is 0 Å². The van der Waals surface area contributed by atoms with Crippen molar-refractivity contribution in [2.75, 3.05) is 6.61 Å². The van der Waals surface area contributed by atoms with Crippen molar-refractivity contribution in [1.82, 2.24) is 10.3 Å². The maximum Gasteiger partial charge on any atom is 0.573 e. The number of hydrogen-bond acceptors (Lipinski definition) is 4. The second-order valence-electron chi connectivity index (χ2n) is 5.85. The molecule has 0 aliphatic heterocycles. The fourth-order valence-electron chi connectivity index (χ4n) is 2.70. The molecule has 1 amide bonds. The standard InChI is InChI=1S/C19H14F4N2O3/c20-13-8-12-2-1-7-24-17(12)15(9-13)18(27)25-16(10-26)11-3-5-14(6-4-11)28-19(21,22)23/h1-9,16,26H,10H2,(H,25,27). The van der Waals surface area contributed by atoms with Gasteiger partial charge < -0.3 is 15.2 Å². The van der Waals surface area contributed by atoms with Crippen molar-refractivity contribution in [2.45, 2.75) is 12.4 Å². The molecule has 2 aromatic carbocycles. The van der Waals surface area contributed by atoms with Crippen LogP contribution in [-0.2, 0) is 0 Å². The number of pyridine rings is 1. The summed E-state index contributed by atoms with van der Waals surface area (Å²) in [4.78, 5) is 16.7. The molecule has 0 aliphatic carbocycles. The minimum Gasteiger partial charge on any atom is -0.406 e. The number of aromatic nitrogens is 1. The lowest BCUT2D eigenvalue weighted by Crippen LogP contribution is -2.31. The number of halogens is 4. The van der Waals surface area contributed by atoms with Crippen LogP contribution in [0.2, 0.25) is 0 Å². The Kier molecular flexibility index (Phi) is 5.46. The zero-order valence-electron chi connectivity index (χ0n) is 14.2. The smallest absolute Gasteiger partial charge is 0.406 e. The van der Waals surface area contributed by atoms with Gasteiger partial charge in [0.15, 0.2) is 0 Å². The third-order valence-electron chi connectivity index (χ3n) is 3.92. The van der Waals surface area contributed by atoms with Crippen molar-refractivity contribution >= 4 is 16.8 Å². The van der Waals surface area contributed by atoms with E-state index in [0.29, 0.717) is 10.9 Å². The van der Waals surface area contributed by atoms with Crippen molar-refractivity contribution < 1.29 is 32.2 Å². The van der Waals surface area contributed by atoms with Gasteiger partial charge in [0, 0.05) is 11.6 Å². The van der Waals surface area contributed by atoms with E-state index in [1.807, 2.05) is 0 Å². The summed E-state index contributed by atoms with van der Waals surface area (Å²) in [5.41, 5.74) is 0.608. The number of rotatable bonds is 5. The number of nitrogens with zero attached hydrogens (tertiary/aromatic N) is 1. The molecule has 1 atom stereocenters. The molecule has 3 aromatic rings. The SMILES string of the molecule is O=C(NC(CO)c1ccc(OC(F)(F)F)cc1)c1cc(F)cc2cccnc12. The van der Waals surface area contributed by atoms with Crippen LogP contribution < -0.4 is 10.1 Å². The molecule has 0 radical (unpaired) electrons. The highest BCUT2D eigenvalue weighted by Crippen LogP contribution is 2.25. The first-order chi connectivity index (χ1) is 13.3. The molecule has 0 saturated heterocycles. The average Bonchev–Trinajstić information content (AvgIpc) is 2.64. The Morgan fingerprint density at radius 3 is 2.54 bits per heavy atom. The Labute approximate surface area is 156 Å². The normalized spacial score (nSPS) is 12.6. The Hall–Kier alpha value is -3.20. The molecule has 1 unspecified atom stereocenters. The molecule has 0 spiro atoms. The first kappa shape index (κ1) is 19.6. The van der Waals surface area contributed by atoms with Gasteiger partial charge in [0.1, 0.15) is 11.6 Å². The number of fused-ring (bicyclic) bond motifs is 1. The molecule has 0 aliphatic rings. The van der Waals surface area contributed by atoms with Gasteiger partial charge in [-0.15, -0.1) is 13.2 Å². The Bertz CT molecular complexity index is 991. The molecule has 1 aromatic heterocycles. The molecule has 3 rings (SSSR count). The number of amides is 1. The number of nitrogens with one attached hydrogen (secondary N) is 1. The number of benzene rings is 2. The molecule has 9 heteroatoms. The van der Waals surface area contributed by atoms with Crippen LogP contribution in [-0.4, -0.2) is 29.0 Å². The van der Waals surface area contributed by atoms with E-state index in [4.69, 9.17) is 0 Å². The summed E-state index contributed by atoms with van der Waals surface area (Å²) in [6.07, 6.45) is -3.36. The minimum absolute atomic E-state index is 0.0222. The van der Waals surface area contributed by atoms with Crippen LogP contribution in [0.5, 0.6) is 5.75 Å². The topological polar surface area (TPSA) is 71.5 Å². The average molecular weight is 394 g/mol. The number of ether oxygens (including phenoxy) is 1. The summed E-state index contributed by atoms with van der Waals surface area (Å²) in [5.74, 6) is -1.74. The predicted octanol–water partition coefficient (Wildman–Crippen LogP) is 3.74. The summed E-state index contributed by atoms with van der Waals surface area (Å²) >= 11 is 0. The van der Waals surface area contributed by atoms with Crippen LogP contribution in [0, 0.1) is 5.82 Å². The number of hydrogen-bond donors (Lipinski definition) is 2. The van der Waals surface area contributed by atoms with Crippen molar-refractivity contribution in [3.8, 4) is 5.75 Å². The molecule has 146 valence electrons. The molecular weight excluding hydrogens is 380 g/mol. The lowest BCUT2D eigenvalue weighted by atomic mass is 10.1. The Balaban J connectivity index is 1.83. The first-order valence-corrected chi connectivity index (χ1v) is 8.08. The van der Waals surface area contributed by atoms with Crippen LogP contribution in [0.15, 0.2) is 54.7 Å². The minimum atomic E-state index is -4.82. The summed E-state index contributed by atoms with van der Waals surface area (Å²) < 4.78 is 54.3. The molecular formula is C19H14F4N2O3. The van der Waals surface area contributed by atoms with Gasteiger partial charge in [-0.1, -0.05) is 18.2 Å². The second-order valence-corrected chi connectivity index (χ2v) is 5.85. The van der Waals surface area contributed by atoms with E-state index in [0.717, 1.165) is 18.2 Å². The number of aliphatic hydroxyl groups excluding tert-OH is 1. The van der Waals surface area contributed by atoms with E-state index in [9.17, 15) is 27.5 Å². The number of alkyl halides is 3. The highest BCUT2D eigenvalue weighted by molar-refractivity contribution is 6.05. The largest absolute Gasteiger partial charge is 0.573 e. The van der Waals surface area contributed by atoms with E-state index in [-0.39, 0.29) is 11.1 Å². The molecule has 5 nitrogen and oxygen atoms in total. The third-order valence-corrected chi connectivity index (χ3v) is 3.92. The van der Waals surface area contributed by atoms with E-state index in [1.165, 1.54) is 24.4 Å². The van der Waals surface area contributed by atoms with Gasteiger partial charge in [0.2, 0.25) is 0 Å². The molecule has 28 heavy (non-hydrogen) atoms. The molecule has 2 N–H and O–H groups in total. The molecule has 0 bridgehead atoms. The van der Waals surface area contributed by atoms with Crippen LogP contribution >= 0.6 is 0 Å². The summed E-state index contributed by atoms with van der Waals surface area (Å²) in [5, 5.41) is 12.5.